The van der Waals surface area contributed by atoms with Crippen LogP contribution in [0.1, 0.15) is 0 Å². The molecule has 0 fully saturated rings. The fourth-order valence-electron chi connectivity index (χ4n) is 1.21. The summed E-state index contributed by atoms with van der Waals surface area (Å²) in [5, 5.41) is 4.94. The molecule has 2 aromatic rings. The molecule has 0 bridgehead atoms. The summed E-state index contributed by atoms with van der Waals surface area (Å²) < 4.78 is 20.5. The highest BCUT2D eigenvalue weighted by Gasteiger charge is 2.22. The molecular weight excluding hydrogens is 285 g/mol. The number of hydrogen-bond donors (Lipinski definition) is 0. The zero-order valence-corrected chi connectivity index (χ0v) is 11.5. The predicted molar refractivity (Wildman–Crippen MR) is 68.0 cm³/mol. The van der Waals surface area contributed by atoms with Gasteiger partial charge in [-0.25, -0.2) is 0 Å². The zero-order chi connectivity index (χ0) is 12.5. The smallest absolute Gasteiger partial charge is 0.381 e. The number of aromatic nitrogens is 1. The zero-order valence-electron chi connectivity index (χ0n) is 9.05. The summed E-state index contributed by atoms with van der Waals surface area (Å²) in [5.41, 5.74) is 0.554. The van der Waals surface area contributed by atoms with E-state index in [4.69, 9.17) is 41.5 Å². The van der Waals surface area contributed by atoms with Gasteiger partial charge < -0.3 is 18.1 Å². The van der Waals surface area contributed by atoms with Gasteiger partial charge in [0.05, 0.1) is 5.39 Å². The van der Waals surface area contributed by atoms with E-state index in [9.17, 15) is 0 Å². The van der Waals surface area contributed by atoms with Crippen molar-refractivity contribution in [3.63, 3.8) is 0 Å². The van der Waals surface area contributed by atoms with Crippen molar-refractivity contribution < 1.29 is 18.1 Å². The van der Waals surface area contributed by atoms with Gasteiger partial charge in [0.2, 0.25) is 0 Å². The molecule has 0 radical (unpaired) electrons. The Morgan fingerprint density at radius 1 is 1.35 bits per heavy atom. The first-order valence-electron chi connectivity index (χ1n) is 4.54. The number of nitrogens with zero attached hydrogens (tertiary/aromatic N) is 1. The van der Waals surface area contributed by atoms with Crippen LogP contribution in [0.15, 0.2) is 22.7 Å². The Bertz CT molecular complexity index is 579. The summed E-state index contributed by atoms with van der Waals surface area (Å²) in [6, 6.07) is 5.07. The monoisotopic (exact) mass is 293 g/mol. The predicted octanol–water partition coefficient (Wildman–Crippen LogP) is 3.38. The van der Waals surface area contributed by atoms with Gasteiger partial charge in [0.15, 0.2) is 5.58 Å². The average molecular weight is 294 g/mol. The van der Waals surface area contributed by atoms with Crippen LogP contribution in [0.25, 0.3) is 11.0 Å². The third-order valence-corrected chi connectivity index (χ3v) is 4.69. The van der Waals surface area contributed by atoms with E-state index in [2.05, 4.69) is 5.16 Å². The first-order chi connectivity index (χ1) is 8.08. The molecule has 5 nitrogen and oxygen atoms in total. The Hall–Kier alpha value is -0.650. The molecule has 0 saturated heterocycles. The highest BCUT2D eigenvalue weighted by Crippen LogP contribution is 2.49. The summed E-state index contributed by atoms with van der Waals surface area (Å²) in [5.74, 6) is 0.217. The van der Waals surface area contributed by atoms with E-state index in [1.165, 1.54) is 14.2 Å². The minimum atomic E-state index is -2.82. The first kappa shape index (κ1) is 12.8. The highest BCUT2D eigenvalue weighted by atomic mass is 35.5. The lowest BCUT2D eigenvalue weighted by Gasteiger charge is -2.15. The normalized spacial score (nSPS) is 11.9. The van der Waals surface area contributed by atoms with E-state index in [0.717, 1.165) is 0 Å². The fourth-order valence-corrected chi connectivity index (χ4v) is 2.24. The Morgan fingerprint density at radius 2 is 2.06 bits per heavy atom. The molecule has 0 spiro atoms. The second-order valence-electron chi connectivity index (χ2n) is 3.03. The summed E-state index contributed by atoms with van der Waals surface area (Å²) in [6.07, 6.45) is 0. The maximum atomic E-state index is 5.88. The van der Waals surface area contributed by atoms with Gasteiger partial charge in [0.25, 0.3) is 5.88 Å². The van der Waals surface area contributed by atoms with Crippen LogP contribution in [0.5, 0.6) is 5.88 Å². The van der Waals surface area contributed by atoms with Gasteiger partial charge in [-0.1, -0.05) is 11.6 Å². The maximum absolute atomic E-state index is 5.88. The van der Waals surface area contributed by atoms with Crippen LogP contribution in [-0.4, -0.2) is 19.4 Å². The first-order valence-corrected chi connectivity index (χ1v) is 7.47. The lowest BCUT2D eigenvalue weighted by atomic mass is 10.3. The molecule has 17 heavy (non-hydrogen) atoms. The van der Waals surface area contributed by atoms with Gasteiger partial charge in [0, 0.05) is 31.0 Å². The molecule has 1 aromatic carbocycles. The standard InChI is InChI=1S/C9H9ClNO4PS/c1-12-16(17,13-2)15-9-7-5-6(10)3-4-8(7)14-11-9/h3-5H,1-2H3. The summed E-state index contributed by atoms with van der Waals surface area (Å²) in [7, 11) is 2.83. The largest absolute Gasteiger partial charge is 0.402 e. The third-order valence-electron chi connectivity index (χ3n) is 2.04. The lowest BCUT2D eigenvalue weighted by molar-refractivity contribution is 0.265. The minimum Gasteiger partial charge on any atom is -0.402 e. The van der Waals surface area contributed by atoms with E-state index in [-0.39, 0.29) is 5.88 Å². The average Bonchev–Trinajstić information content (AvgIpc) is 2.72. The molecule has 1 heterocycles. The molecule has 8 heteroatoms. The SMILES string of the molecule is COP(=S)(OC)Oc1noc2ccc(Cl)cc12. The second kappa shape index (κ2) is 4.92. The number of rotatable bonds is 4. The van der Waals surface area contributed by atoms with Crippen molar-refractivity contribution in [1.82, 2.24) is 5.16 Å². The fraction of sp³-hybridized carbons (Fsp3) is 0.222. The third kappa shape index (κ3) is 2.61. The molecule has 0 amide bonds. The lowest BCUT2D eigenvalue weighted by Crippen LogP contribution is -1.97. The number of hydrogen-bond acceptors (Lipinski definition) is 6. The molecule has 0 aliphatic carbocycles. The maximum Gasteiger partial charge on any atom is 0.381 e. The van der Waals surface area contributed by atoms with Gasteiger partial charge >= 0.3 is 6.72 Å². The quantitative estimate of drug-likeness (QED) is 0.806. The van der Waals surface area contributed by atoms with Crippen LogP contribution in [-0.2, 0) is 20.9 Å². The van der Waals surface area contributed by atoms with Crippen LogP contribution in [0.4, 0.5) is 0 Å². The van der Waals surface area contributed by atoms with Crippen LogP contribution in [0.2, 0.25) is 5.02 Å². The van der Waals surface area contributed by atoms with Gasteiger partial charge in [-0.3, -0.25) is 0 Å². The van der Waals surface area contributed by atoms with Crippen LogP contribution in [0.3, 0.4) is 0 Å². The van der Waals surface area contributed by atoms with Gasteiger partial charge in [-0.05, 0) is 23.4 Å². The number of halogens is 1. The van der Waals surface area contributed by atoms with Crippen molar-refractivity contribution in [2.24, 2.45) is 0 Å². The van der Waals surface area contributed by atoms with E-state index in [1.807, 2.05) is 0 Å². The summed E-state index contributed by atoms with van der Waals surface area (Å²) in [6.45, 7) is -2.82. The van der Waals surface area contributed by atoms with Crippen molar-refractivity contribution in [2.45, 2.75) is 0 Å². The molecule has 0 aliphatic heterocycles. The molecule has 0 atom stereocenters. The molecular formula is C9H9ClNO4PS. The van der Waals surface area contributed by atoms with E-state index < -0.39 is 6.72 Å². The Balaban J connectivity index is 2.43. The van der Waals surface area contributed by atoms with Crippen molar-refractivity contribution in [3.8, 4) is 5.88 Å². The van der Waals surface area contributed by atoms with Crippen LogP contribution in [0, 0.1) is 0 Å². The molecule has 0 N–H and O–H groups in total. The van der Waals surface area contributed by atoms with Gasteiger partial charge in [0.1, 0.15) is 0 Å². The second-order valence-corrected chi connectivity index (χ2v) is 6.62. The molecule has 0 aliphatic rings. The van der Waals surface area contributed by atoms with E-state index in [1.54, 1.807) is 18.2 Å². The highest BCUT2D eigenvalue weighted by molar-refractivity contribution is 8.07. The Morgan fingerprint density at radius 3 is 2.71 bits per heavy atom. The number of benzene rings is 1. The molecule has 0 saturated carbocycles. The van der Waals surface area contributed by atoms with Crippen molar-refractivity contribution in [1.29, 1.82) is 0 Å². The van der Waals surface area contributed by atoms with Crippen LogP contribution < -0.4 is 4.52 Å². The van der Waals surface area contributed by atoms with Gasteiger partial charge in [-0.2, -0.15) is 0 Å². The number of fused-ring (bicyclic) bond motifs is 1. The molecule has 0 unspecified atom stereocenters. The Labute approximate surface area is 108 Å². The molecule has 1 aromatic heterocycles. The van der Waals surface area contributed by atoms with Crippen LogP contribution >= 0.6 is 18.3 Å². The van der Waals surface area contributed by atoms with E-state index >= 15 is 0 Å². The van der Waals surface area contributed by atoms with Gasteiger partial charge in [-0.15, -0.1) is 0 Å². The Kier molecular flexibility index (Phi) is 3.70. The minimum absolute atomic E-state index is 0.217. The topological polar surface area (TPSA) is 53.7 Å². The molecule has 2 rings (SSSR count). The summed E-state index contributed by atoms with van der Waals surface area (Å²) >= 11 is 11.0. The van der Waals surface area contributed by atoms with Crippen molar-refractivity contribution in [2.75, 3.05) is 14.2 Å². The van der Waals surface area contributed by atoms with Crippen molar-refractivity contribution >= 4 is 41.1 Å². The molecule has 92 valence electrons. The van der Waals surface area contributed by atoms with Crippen molar-refractivity contribution in [3.05, 3.63) is 23.2 Å². The summed E-state index contributed by atoms with van der Waals surface area (Å²) in [4.78, 5) is 0. The van der Waals surface area contributed by atoms with E-state index in [0.29, 0.717) is 16.0 Å².